The van der Waals surface area contributed by atoms with Crippen LogP contribution >= 0.6 is 0 Å². The molecule has 0 aliphatic heterocycles. The minimum absolute atomic E-state index is 0.766. The van der Waals surface area contributed by atoms with Crippen LogP contribution in [0.15, 0.2) is 54.6 Å². The molecule has 0 saturated carbocycles. The first-order valence-electron chi connectivity index (χ1n) is 7.47. The Morgan fingerprint density at radius 3 is 2.00 bits per heavy atom. The summed E-state index contributed by atoms with van der Waals surface area (Å²) in [5.74, 6) is 1.67. The summed E-state index contributed by atoms with van der Waals surface area (Å²) in [5.41, 5.74) is 2.71. The third-order valence-electron chi connectivity index (χ3n) is 3.03. The minimum atomic E-state index is 0.766. The highest BCUT2D eigenvalue weighted by Crippen LogP contribution is 2.10. The monoisotopic (exact) mass is 285 g/mol. The fourth-order valence-electron chi connectivity index (χ4n) is 2.03. The summed E-state index contributed by atoms with van der Waals surface area (Å²) in [6.45, 7) is 5.39. The molecule has 2 aromatic rings. The number of nitrogens with one attached hydrogen (secondary N) is 1. The third-order valence-corrected chi connectivity index (χ3v) is 3.03. The average molecular weight is 285 g/mol. The lowest BCUT2D eigenvalue weighted by molar-refractivity contribution is 0.414. The van der Waals surface area contributed by atoms with Crippen LogP contribution in [0.4, 0.5) is 0 Å². The Bertz CT molecular complexity index is 477. The summed E-state index contributed by atoms with van der Waals surface area (Å²) in [5, 5.41) is 3.08. The molecular weight excluding hydrogens is 258 g/mol. The van der Waals surface area contributed by atoms with E-state index in [0.717, 1.165) is 18.2 Å². The smallest absolute Gasteiger partial charge is 0.118 e. The Morgan fingerprint density at radius 2 is 1.52 bits per heavy atom. The zero-order valence-electron chi connectivity index (χ0n) is 13.6. The summed E-state index contributed by atoms with van der Waals surface area (Å²) in [7, 11) is 3.61. The van der Waals surface area contributed by atoms with Gasteiger partial charge in [-0.2, -0.15) is 0 Å². The van der Waals surface area contributed by atoms with Crippen LogP contribution in [0.25, 0.3) is 0 Å². The van der Waals surface area contributed by atoms with E-state index in [1.165, 1.54) is 17.5 Å². The van der Waals surface area contributed by atoms with E-state index in [1.807, 2.05) is 19.2 Å². The predicted octanol–water partition coefficient (Wildman–Crippen LogP) is 4.30. The molecule has 0 radical (unpaired) electrons. The van der Waals surface area contributed by atoms with Crippen LogP contribution in [-0.4, -0.2) is 14.2 Å². The molecule has 2 heteroatoms. The normalized spacial score (nSPS) is 9.95. The molecule has 2 nitrogen and oxygen atoms in total. The van der Waals surface area contributed by atoms with Crippen LogP contribution in [0.2, 0.25) is 0 Å². The molecule has 0 fully saturated rings. The minimum Gasteiger partial charge on any atom is -0.497 e. The van der Waals surface area contributed by atoms with Crippen molar-refractivity contribution in [1.82, 2.24) is 5.32 Å². The van der Waals surface area contributed by atoms with Crippen LogP contribution in [-0.2, 0) is 13.0 Å². The van der Waals surface area contributed by atoms with Crippen molar-refractivity contribution >= 4 is 0 Å². The van der Waals surface area contributed by atoms with Gasteiger partial charge in [-0.15, -0.1) is 0 Å². The standard InChI is InChI=1S/C10H14.C9H13NO/c1-9(2)8-10-6-4-3-5-7-10;1-10-7-8-3-5-9(11-2)6-4-8/h3-7,9H,8H2,1-2H3;3-6,10H,7H2,1-2H3. The number of benzene rings is 2. The van der Waals surface area contributed by atoms with E-state index in [-0.39, 0.29) is 0 Å². The van der Waals surface area contributed by atoms with Gasteiger partial charge in [0.25, 0.3) is 0 Å². The Morgan fingerprint density at radius 1 is 0.905 bits per heavy atom. The van der Waals surface area contributed by atoms with Gasteiger partial charge in [0, 0.05) is 6.54 Å². The van der Waals surface area contributed by atoms with E-state index in [9.17, 15) is 0 Å². The molecule has 21 heavy (non-hydrogen) atoms. The van der Waals surface area contributed by atoms with Crippen LogP contribution < -0.4 is 10.1 Å². The quantitative estimate of drug-likeness (QED) is 0.884. The Hall–Kier alpha value is -1.80. The Kier molecular flexibility index (Phi) is 8.22. The number of ether oxygens (including phenoxy) is 1. The van der Waals surface area contributed by atoms with Gasteiger partial charge in [-0.1, -0.05) is 56.3 Å². The van der Waals surface area contributed by atoms with Crippen molar-refractivity contribution < 1.29 is 4.74 Å². The van der Waals surface area contributed by atoms with E-state index in [4.69, 9.17) is 4.74 Å². The molecule has 114 valence electrons. The first-order valence-corrected chi connectivity index (χ1v) is 7.47. The SMILES string of the molecule is CC(C)Cc1ccccc1.CNCc1ccc(OC)cc1. The van der Waals surface area contributed by atoms with Gasteiger partial charge in [-0.25, -0.2) is 0 Å². The van der Waals surface area contributed by atoms with Gasteiger partial charge in [-0.3, -0.25) is 0 Å². The molecule has 0 heterocycles. The van der Waals surface area contributed by atoms with Crippen molar-refractivity contribution in [1.29, 1.82) is 0 Å². The molecule has 0 aliphatic carbocycles. The molecule has 1 N–H and O–H groups in total. The highest BCUT2D eigenvalue weighted by atomic mass is 16.5. The Labute approximate surface area is 129 Å². The molecule has 0 amide bonds. The largest absolute Gasteiger partial charge is 0.497 e. The second kappa shape index (κ2) is 10.0. The van der Waals surface area contributed by atoms with Gasteiger partial charge in [0.2, 0.25) is 0 Å². The molecule has 0 unspecified atom stereocenters. The van der Waals surface area contributed by atoms with E-state index < -0.39 is 0 Å². The summed E-state index contributed by atoms with van der Waals surface area (Å²) in [4.78, 5) is 0. The molecule has 0 atom stereocenters. The number of rotatable bonds is 5. The average Bonchev–Trinajstić information content (AvgIpc) is 2.49. The van der Waals surface area contributed by atoms with E-state index in [2.05, 4.69) is 61.6 Å². The third kappa shape index (κ3) is 7.52. The summed E-state index contributed by atoms with van der Waals surface area (Å²) < 4.78 is 5.03. The predicted molar refractivity (Wildman–Crippen MR) is 90.7 cm³/mol. The van der Waals surface area contributed by atoms with Gasteiger partial charge in [0.15, 0.2) is 0 Å². The maximum absolute atomic E-state index is 5.03. The first-order chi connectivity index (χ1) is 10.2. The highest BCUT2D eigenvalue weighted by molar-refractivity contribution is 5.26. The van der Waals surface area contributed by atoms with E-state index in [1.54, 1.807) is 7.11 Å². The van der Waals surface area contributed by atoms with Crippen molar-refractivity contribution in [3.05, 3.63) is 65.7 Å². The number of hydrogen-bond donors (Lipinski definition) is 1. The van der Waals surface area contributed by atoms with Gasteiger partial charge in [0.1, 0.15) is 5.75 Å². The van der Waals surface area contributed by atoms with Gasteiger partial charge in [-0.05, 0) is 42.6 Å². The molecule has 2 rings (SSSR count). The summed E-state index contributed by atoms with van der Waals surface area (Å²) in [6.07, 6.45) is 1.20. The maximum Gasteiger partial charge on any atom is 0.118 e. The molecule has 0 spiro atoms. The zero-order chi connectivity index (χ0) is 15.5. The van der Waals surface area contributed by atoms with Crippen molar-refractivity contribution in [2.24, 2.45) is 5.92 Å². The molecule has 2 aromatic carbocycles. The van der Waals surface area contributed by atoms with E-state index >= 15 is 0 Å². The first kappa shape index (κ1) is 17.3. The Balaban J connectivity index is 0.000000211. The van der Waals surface area contributed by atoms with Gasteiger partial charge in [0.05, 0.1) is 7.11 Å². The molecular formula is C19H27NO. The van der Waals surface area contributed by atoms with E-state index in [0.29, 0.717) is 0 Å². The van der Waals surface area contributed by atoms with Crippen LogP contribution in [0.1, 0.15) is 25.0 Å². The van der Waals surface area contributed by atoms with Crippen molar-refractivity contribution in [3.63, 3.8) is 0 Å². The van der Waals surface area contributed by atoms with Crippen molar-refractivity contribution in [3.8, 4) is 5.75 Å². The van der Waals surface area contributed by atoms with Crippen LogP contribution in [0.3, 0.4) is 0 Å². The fraction of sp³-hybridized carbons (Fsp3) is 0.368. The lowest BCUT2D eigenvalue weighted by Gasteiger charge is -2.02. The number of hydrogen-bond acceptors (Lipinski definition) is 2. The molecule has 0 aliphatic rings. The lowest BCUT2D eigenvalue weighted by atomic mass is 10.0. The van der Waals surface area contributed by atoms with Crippen molar-refractivity contribution in [2.75, 3.05) is 14.2 Å². The summed E-state index contributed by atoms with van der Waals surface area (Å²) >= 11 is 0. The topological polar surface area (TPSA) is 21.3 Å². The lowest BCUT2D eigenvalue weighted by Crippen LogP contribution is -2.04. The zero-order valence-corrected chi connectivity index (χ0v) is 13.6. The summed E-state index contributed by atoms with van der Waals surface area (Å²) in [6, 6.07) is 18.6. The molecule has 0 aromatic heterocycles. The van der Waals surface area contributed by atoms with Crippen LogP contribution in [0, 0.1) is 5.92 Å². The van der Waals surface area contributed by atoms with Crippen LogP contribution in [0.5, 0.6) is 5.75 Å². The number of methoxy groups -OCH3 is 1. The molecule has 0 bridgehead atoms. The second-order valence-electron chi connectivity index (χ2n) is 5.46. The second-order valence-corrected chi connectivity index (χ2v) is 5.46. The maximum atomic E-state index is 5.03. The van der Waals surface area contributed by atoms with Gasteiger partial charge < -0.3 is 10.1 Å². The molecule has 0 saturated heterocycles. The highest BCUT2D eigenvalue weighted by Gasteiger charge is 1.94. The van der Waals surface area contributed by atoms with Crippen molar-refractivity contribution in [2.45, 2.75) is 26.8 Å². The fourth-order valence-corrected chi connectivity index (χ4v) is 2.03. The van der Waals surface area contributed by atoms with Gasteiger partial charge >= 0.3 is 0 Å².